The van der Waals surface area contributed by atoms with E-state index in [0.29, 0.717) is 16.0 Å². The van der Waals surface area contributed by atoms with Crippen LogP contribution >= 0.6 is 11.3 Å². The van der Waals surface area contributed by atoms with Gasteiger partial charge in [0.1, 0.15) is 16.8 Å². The third kappa shape index (κ3) is 4.50. The molecule has 0 radical (unpaired) electrons. The van der Waals surface area contributed by atoms with E-state index in [0.717, 1.165) is 43.0 Å². The number of pyridine rings is 1. The number of nitrogens with one attached hydrogen (secondary N) is 1. The molecule has 8 nitrogen and oxygen atoms in total. The number of rotatable bonds is 6. The van der Waals surface area contributed by atoms with E-state index in [2.05, 4.69) is 37.3 Å². The first-order valence-corrected chi connectivity index (χ1v) is 10.3. The van der Waals surface area contributed by atoms with Crippen molar-refractivity contribution in [2.24, 2.45) is 0 Å². The Labute approximate surface area is 173 Å². The maximum absolute atomic E-state index is 8.96. The summed E-state index contributed by atoms with van der Waals surface area (Å²) in [6.07, 6.45) is 7.58. The molecule has 0 aromatic carbocycles. The first-order chi connectivity index (χ1) is 14.1. The molecule has 1 saturated heterocycles. The Balaban J connectivity index is 1.47. The van der Waals surface area contributed by atoms with Crippen molar-refractivity contribution in [3.05, 3.63) is 52.9 Å². The zero-order valence-corrected chi connectivity index (χ0v) is 17.2. The van der Waals surface area contributed by atoms with Gasteiger partial charge in [0.05, 0.1) is 17.9 Å². The van der Waals surface area contributed by atoms with E-state index in [1.165, 1.54) is 11.3 Å². The summed E-state index contributed by atoms with van der Waals surface area (Å²) in [5.41, 5.74) is 2.14. The molecule has 1 N–H and O–H groups in total. The summed E-state index contributed by atoms with van der Waals surface area (Å²) in [6.45, 7) is 1.83. The van der Waals surface area contributed by atoms with E-state index in [1.807, 2.05) is 43.5 Å². The molecule has 9 heteroatoms. The molecule has 148 valence electrons. The van der Waals surface area contributed by atoms with Crippen LogP contribution in [0.15, 0.2) is 36.8 Å². The fourth-order valence-corrected chi connectivity index (χ4v) is 4.07. The summed E-state index contributed by atoms with van der Waals surface area (Å²) >= 11 is 1.32. The van der Waals surface area contributed by atoms with Crippen LogP contribution in [0.4, 0.5) is 16.9 Å². The monoisotopic (exact) mass is 406 g/mol. The summed E-state index contributed by atoms with van der Waals surface area (Å²) in [4.78, 5) is 22.8. The Hall–Kier alpha value is -3.09. The number of aromatic nitrogens is 4. The van der Waals surface area contributed by atoms with E-state index >= 15 is 0 Å². The quantitative estimate of drug-likeness (QED) is 0.666. The maximum Gasteiger partial charge on any atom is 0.224 e. The van der Waals surface area contributed by atoms with Crippen LogP contribution in [-0.2, 0) is 6.54 Å². The molecular formula is C20H22N8S. The molecule has 1 aliphatic heterocycles. The zero-order valence-electron chi connectivity index (χ0n) is 16.4. The molecule has 4 rings (SSSR count). The smallest absolute Gasteiger partial charge is 0.224 e. The average molecular weight is 407 g/mol. The lowest BCUT2D eigenvalue weighted by Gasteiger charge is -2.24. The van der Waals surface area contributed by atoms with Crippen LogP contribution in [0.25, 0.3) is 0 Å². The van der Waals surface area contributed by atoms with E-state index in [1.54, 1.807) is 6.20 Å². The highest BCUT2D eigenvalue weighted by Crippen LogP contribution is 2.33. The second-order valence-electron chi connectivity index (χ2n) is 7.13. The molecule has 3 aromatic heterocycles. The van der Waals surface area contributed by atoms with Crippen molar-refractivity contribution < 1.29 is 0 Å². The molecular weight excluding hydrogens is 384 g/mol. The predicted molar refractivity (Wildman–Crippen MR) is 113 cm³/mol. The SMILES string of the molecule is CN(C)c1ncc(CN2CCC[C@H]2c2cccc(Nc3ncc(C#N)s3)n2)cn1. The molecule has 3 aromatic rings. The fourth-order valence-electron chi connectivity index (χ4n) is 3.45. The van der Waals surface area contributed by atoms with Gasteiger partial charge in [-0.15, -0.1) is 0 Å². The predicted octanol–water partition coefficient (Wildman–Crippen LogP) is 3.35. The highest BCUT2D eigenvalue weighted by molar-refractivity contribution is 7.16. The third-order valence-electron chi connectivity index (χ3n) is 4.80. The topological polar surface area (TPSA) is 93.9 Å². The molecule has 4 heterocycles. The Kier molecular flexibility index (Phi) is 5.64. The summed E-state index contributed by atoms with van der Waals surface area (Å²) in [6, 6.07) is 8.37. The van der Waals surface area contributed by atoms with Gasteiger partial charge in [0, 0.05) is 38.6 Å². The van der Waals surface area contributed by atoms with Gasteiger partial charge in [-0.05, 0) is 31.5 Å². The van der Waals surface area contributed by atoms with Gasteiger partial charge in [-0.2, -0.15) is 5.26 Å². The molecule has 0 amide bonds. The number of hydrogen-bond acceptors (Lipinski definition) is 9. The average Bonchev–Trinajstić information content (AvgIpc) is 3.38. The highest BCUT2D eigenvalue weighted by atomic mass is 32.1. The fraction of sp³-hybridized carbons (Fsp3) is 0.350. The van der Waals surface area contributed by atoms with Crippen molar-refractivity contribution in [3.63, 3.8) is 0 Å². The van der Waals surface area contributed by atoms with E-state index in [-0.39, 0.29) is 6.04 Å². The lowest BCUT2D eigenvalue weighted by molar-refractivity contribution is 0.244. The Morgan fingerprint density at radius 3 is 2.79 bits per heavy atom. The van der Waals surface area contributed by atoms with Crippen molar-refractivity contribution in [2.75, 3.05) is 30.9 Å². The van der Waals surface area contributed by atoms with Gasteiger partial charge in [0.15, 0.2) is 5.13 Å². The first kappa shape index (κ1) is 19.2. The largest absolute Gasteiger partial charge is 0.347 e. The molecule has 0 unspecified atom stereocenters. The van der Waals surface area contributed by atoms with Gasteiger partial charge < -0.3 is 10.2 Å². The maximum atomic E-state index is 8.96. The molecule has 0 bridgehead atoms. The van der Waals surface area contributed by atoms with Gasteiger partial charge in [-0.3, -0.25) is 4.90 Å². The minimum Gasteiger partial charge on any atom is -0.347 e. The van der Waals surface area contributed by atoms with E-state index in [9.17, 15) is 0 Å². The van der Waals surface area contributed by atoms with E-state index in [4.69, 9.17) is 10.2 Å². The third-order valence-corrected chi connectivity index (χ3v) is 5.62. The number of nitrogens with zero attached hydrogens (tertiary/aromatic N) is 7. The van der Waals surface area contributed by atoms with Crippen molar-refractivity contribution >= 4 is 28.2 Å². The number of likely N-dealkylation sites (tertiary alicyclic amines) is 1. The second kappa shape index (κ2) is 8.51. The first-order valence-electron chi connectivity index (χ1n) is 9.44. The molecule has 0 aliphatic carbocycles. The van der Waals surface area contributed by atoms with Crippen LogP contribution < -0.4 is 10.2 Å². The van der Waals surface area contributed by atoms with Gasteiger partial charge in [0.2, 0.25) is 5.95 Å². The molecule has 1 aliphatic rings. The van der Waals surface area contributed by atoms with Crippen molar-refractivity contribution in [3.8, 4) is 6.07 Å². The van der Waals surface area contributed by atoms with Crippen LogP contribution in [0.5, 0.6) is 0 Å². The Morgan fingerprint density at radius 1 is 1.24 bits per heavy atom. The van der Waals surface area contributed by atoms with Gasteiger partial charge in [0.25, 0.3) is 0 Å². The molecule has 1 fully saturated rings. The van der Waals surface area contributed by atoms with Crippen LogP contribution in [-0.4, -0.2) is 45.5 Å². The molecule has 0 saturated carbocycles. The number of anilines is 3. The number of thiazole rings is 1. The zero-order chi connectivity index (χ0) is 20.2. The molecule has 1 atom stereocenters. The summed E-state index contributed by atoms with van der Waals surface area (Å²) < 4.78 is 0. The van der Waals surface area contributed by atoms with Crippen molar-refractivity contribution in [1.82, 2.24) is 24.8 Å². The number of nitriles is 1. The normalized spacial score (nSPS) is 16.5. The minimum atomic E-state index is 0.260. The number of hydrogen-bond donors (Lipinski definition) is 1. The summed E-state index contributed by atoms with van der Waals surface area (Å²) in [7, 11) is 3.87. The summed E-state index contributed by atoms with van der Waals surface area (Å²) in [5, 5.41) is 12.8. The van der Waals surface area contributed by atoms with Crippen molar-refractivity contribution in [1.29, 1.82) is 5.26 Å². The minimum absolute atomic E-state index is 0.260. The molecule has 0 spiro atoms. The van der Waals surface area contributed by atoms with Crippen LogP contribution in [0.3, 0.4) is 0 Å². The van der Waals surface area contributed by atoms with Gasteiger partial charge in [-0.25, -0.2) is 19.9 Å². The van der Waals surface area contributed by atoms with Gasteiger partial charge >= 0.3 is 0 Å². The standard InChI is InChI=1S/C20H22N8S/c1-27(2)19-22-10-14(11-23-19)13-28-8-4-6-17(28)16-5-3-7-18(25-16)26-20-24-12-15(9-21)29-20/h3,5,7,10-12,17H,4,6,8,13H2,1-2H3,(H,24,25,26)/t17-/m0/s1. The lowest BCUT2D eigenvalue weighted by Crippen LogP contribution is -2.24. The van der Waals surface area contributed by atoms with Crippen LogP contribution in [0.2, 0.25) is 0 Å². The van der Waals surface area contributed by atoms with Gasteiger partial charge in [-0.1, -0.05) is 17.4 Å². The van der Waals surface area contributed by atoms with Crippen molar-refractivity contribution in [2.45, 2.75) is 25.4 Å². The summed E-state index contributed by atoms with van der Waals surface area (Å²) in [5.74, 6) is 1.46. The Morgan fingerprint density at radius 2 is 2.07 bits per heavy atom. The Bertz CT molecular complexity index is 1010. The van der Waals surface area contributed by atoms with E-state index < -0.39 is 0 Å². The van der Waals surface area contributed by atoms with Crippen LogP contribution in [0, 0.1) is 11.3 Å². The van der Waals surface area contributed by atoms with Crippen LogP contribution in [0.1, 0.15) is 35.0 Å². The highest BCUT2D eigenvalue weighted by Gasteiger charge is 2.27. The lowest BCUT2D eigenvalue weighted by atomic mass is 10.1. The second-order valence-corrected chi connectivity index (χ2v) is 8.16. The molecule has 29 heavy (non-hydrogen) atoms.